The molecule has 0 saturated carbocycles. The van der Waals surface area contributed by atoms with E-state index in [-0.39, 0.29) is 11.9 Å². The Morgan fingerprint density at radius 3 is 2.92 bits per heavy atom. The summed E-state index contributed by atoms with van der Waals surface area (Å²) in [7, 11) is 3.27. The molecule has 11 nitrogen and oxygen atoms in total. The molecule has 0 radical (unpaired) electrons. The van der Waals surface area contributed by atoms with Gasteiger partial charge in [-0.2, -0.15) is 22.0 Å². The van der Waals surface area contributed by atoms with Crippen LogP contribution in [-0.4, -0.2) is 78.8 Å². The number of nitrogens with one attached hydrogen (secondary N) is 2. The topological polar surface area (TPSA) is 133 Å². The molecule has 38 heavy (non-hydrogen) atoms. The third-order valence-electron chi connectivity index (χ3n) is 6.51. The molecule has 0 spiro atoms. The summed E-state index contributed by atoms with van der Waals surface area (Å²) in [5.74, 6) is 2.06. The second-order valence-electron chi connectivity index (χ2n) is 9.17. The molecule has 1 saturated heterocycles. The SMILES string of the molecule is COc1nc2c(cc1CN(C)C(=O)[C@@H]1CCCO1)CCCN2C(=O)Nc1cc(NCCSC)c(C#N)cn1. The van der Waals surface area contributed by atoms with Crippen LogP contribution in [0.5, 0.6) is 5.88 Å². The van der Waals surface area contributed by atoms with E-state index in [4.69, 9.17) is 9.47 Å². The Balaban J connectivity index is 1.51. The molecule has 4 rings (SSSR count). The number of nitriles is 1. The van der Waals surface area contributed by atoms with E-state index in [0.29, 0.717) is 55.0 Å². The van der Waals surface area contributed by atoms with E-state index in [0.717, 1.165) is 42.6 Å². The van der Waals surface area contributed by atoms with Crippen LogP contribution in [-0.2, 0) is 22.5 Å². The van der Waals surface area contributed by atoms with Crippen molar-refractivity contribution in [2.24, 2.45) is 0 Å². The Morgan fingerprint density at radius 2 is 2.21 bits per heavy atom. The maximum atomic E-state index is 13.3. The Morgan fingerprint density at radius 1 is 1.37 bits per heavy atom. The number of aryl methyl sites for hydroxylation is 1. The molecule has 1 fully saturated rings. The highest BCUT2D eigenvalue weighted by atomic mass is 32.2. The second kappa shape index (κ2) is 12.8. The first kappa shape index (κ1) is 27.5. The fourth-order valence-electron chi connectivity index (χ4n) is 4.59. The van der Waals surface area contributed by atoms with E-state index in [1.807, 2.05) is 12.3 Å². The average molecular weight is 540 g/mol. The largest absolute Gasteiger partial charge is 0.481 e. The van der Waals surface area contributed by atoms with Gasteiger partial charge in [-0.05, 0) is 43.6 Å². The number of pyridine rings is 2. The lowest BCUT2D eigenvalue weighted by Gasteiger charge is -2.30. The van der Waals surface area contributed by atoms with Gasteiger partial charge in [0.05, 0.1) is 24.9 Å². The Labute approximate surface area is 226 Å². The predicted octanol–water partition coefficient (Wildman–Crippen LogP) is 3.25. The normalized spacial score (nSPS) is 16.4. The number of hydrogen-bond donors (Lipinski definition) is 2. The lowest BCUT2D eigenvalue weighted by Crippen LogP contribution is -2.40. The van der Waals surface area contributed by atoms with E-state index in [1.165, 1.54) is 13.3 Å². The standard InChI is InChI=1S/C26H33N7O4S/c1-32(25(34)21-7-5-10-37-21)16-18-12-17-6-4-9-33(23(17)31-24(18)36-2)26(35)30-22-13-20(28-8-11-38-3)19(14-27)15-29-22/h12-13,15,21H,4-11,16H2,1-3H3,(H2,28,29,30,35)/t21-/m0/s1. The number of amides is 3. The Kier molecular flexibility index (Phi) is 9.25. The van der Waals surface area contributed by atoms with Gasteiger partial charge < -0.3 is 19.7 Å². The van der Waals surface area contributed by atoms with Crippen molar-refractivity contribution in [3.05, 3.63) is 35.0 Å². The number of thioether (sulfide) groups is 1. The summed E-state index contributed by atoms with van der Waals surface area (Å²) in [6.07, 6.45) is 6.20. The number of carbonyl (C=O) groups excluding carboxylic acids is 2. The number of nitrogens with zero attached hydrogens (tertiary/aromatic N) is 5. The first-order valence-corrected chi connectivity index (χ1v) is 14.0. The average Bonchev–Trinajstić information content (AvgIpc) is 3.47. The molecule has 2 aliphatic heterocycles. The van der Waals surface area contributed by atoms with Crippen molar-refractivity contribution in [3.63, 3.8) is 0 Å². The van der Waals surface area contributed by atoms with Gasteiger partial charge in [-0.15, -0.1) is 0 Å². The van der Waals surface area contributed by atoms with Gasteiger partial charge in [-0.3, -0.25) is 15.0 Å². The molecular formula is C26H33N7O4S. The molecule has 3 amide bonds. The van der Waals surface area contributed by atoms with Crippen LogP contribution in [0, 0.1) is 11.3 Å². The lowest BCUT2D eigenvalue weighted by atomic mass is 10.0. The number of likely N-dealkylation sites (N-methyl/N-ethyl adjacent to an activating group) is 1. The molecular weight excluding hydrogens is 506 g/mol. The van der Waals surface area contributed by atoms with Crippen molar-refractivity contribution in [2.45, 2.75) is 38.3 Å². The molecule has 202 valence electrons. The maximum absolute atomic E-state index is 13.3. The van der Waals surface area contributed by atoms with Crippen LogP contribution in [0.15, 0.2) is 18.3 Å². The highest BCUT2D eigenvalue weighted by molar-refractivity contribution is 7.98. The molecule has 4 heterocycles. The molecule has 0 unspecified atom stereocenters. The number of urea groups is 1. The molecule has 2 aromatic rings. The van der Waals surface area contributed by atoms with Crippen molar-refractivity contribution in [3.8, 4) is 11.9 Å². The van der Waals surface area contributed by atoms with Crippen molar-refractivity contribution in [1.29, 1.82) is 5.26 Å². The van der Waals surface area contributed by atoms with Gasteiger partial charge in [0.1, 0.15) is 23.8 Å². The first-order valence-electron chi connectivity index (χ1n) is 12.6. The van der Waals surface area contributed by atoms with Crippen LogP contribution in [0.1, 0.15) is 36.0 Å². The maximum Gasteiger partial charge on any atom is 0.328 e. The van der Waals surface area contributed by atoms with E-state index in [1.54, 1.807) is 34.7 Å². The lowest BCUT2D eigenvalue weighted by molar-refractivity contribution is -0.140. The van der Waals surface area contributed by atoms with Crippen molar-refractivity contribution in [2.75, 3.05) is 61.4 Å². The number of ether oxygens (including phenoxy) is 2. The molecule has 1 atom stereocenters. The fourth-order valence-corrected chi connectivity index (χ4v) is 4.90. The van der Waals surface area contributed by atoms with Crippen LogP contribution in [0.25, 0.3) is 0 Å². The molecule has 0 aliphatic carbocycles. The molecule has 2 N–H and O–H groups in total. The van der Waals surface area contributed by atoms with Gasteiger partial charge in [0, 0.05) is 50.3 Å². The van der Waals surface area contributed by atoms with E-state index in [2.05, 4.69) is 26.7 Å². The van der Waals surface area contributed by atoms with Crippen LogP contribution >= 0.6 is 11.8 Å². The van der Waals surface area contributed by atoms with Crippen molar-refractivity contribution in [1.82, 2.24) is 14.9 Å². The number of anilines is 3. The Bertz CT molecular complexity index is 1210. The van der Waals surface area contributed by atoms with E-state index in [9.17, 15) is 14.9 Å². The summed E-state index contributed by atoms with van der Waals surface area (Å²) in [6.45, 7) is 2.11. The molecule has 12 heteroatoms. The molecule has 0 bridgehead atoms. The number of carbonyl (C=O) groups is 2. The van der Waals surface area contributed by atoms with Gasteiger partial charge in [0.25, 0.3) is 5.91 Å². The van der Waals surface area contributed by atoms with Crippen molar-refractivity contribution >= 4 is 41.0 Å². The zero-order chi connectivity index (χ0) is 27.1. The summed E-state index contributed by atoms with van der Waals surface area (Å²) >= 11 is 1.70. The third kappa shape index (κ3) is 6.28. The highest BCUT2D eigenvalue weighted by Crippen LogP contribution is 2.32. The minimum Gasteiger partial charge on any atom is -0.481 e. The Hall–Kier alpha value is -3.56. The number of rotatable bonds is 9. The summed E-state index contributed by atoms with van der Waals surface area (Å²) < 4.78 is 11.1. The second-order valence-corrected chi connectivity index (χ2v) is 10.2. The summed E-state index contributed by atoms with van der Waals surface area (Å²) in [6, 6.07) is 5.39. The number of methoxy groups -OCH3 is 1. The summed E-state index contributed by atoms with van der Waals surface area (Å²) in [5, 5.41) is 15.5. The smallest absolute Gasteiger partial charge is 0.328 e. The molecule has 0 aromatic carbocycles. The van der Waals surface area contributed by atoms with Crippen LogP contribution < -0.4 is 20.3 Å². The molecule has 2 aliphatic rings. The fraction of sp³-hybridized carbons (Fsp3) is 0.500. The minimum atomic E-state index is -0.396. The van der Waals surface area contributed by atoms with Crippen molar-refractivity contribution < 1.29 is 19.1 Å². The number of aromatic nitrogens is 2. The van der Waals surface area contributed by atoms with Crippen LogP contribution in [0.4, 0.5) is 22.1 Å². The third-order valence-corrected chi connectivity index (χ3v) is 7.12. The quantitative estimate of drug-likeness (QED) is 0.461. The van der Waals surface area contributed by atoms with E-state index >= 15 is 0 Å². The van der Waals surface area contributed by atoms with Gasteiger partial charge in [0.2, 0.25) is 5.88 Å². The monoisotopic (exact) mass is 539 g/mol. The van der Waals surface area contributed by atoms with Gasteiger partial charge >= 0.3 is 6.03 Å². The minimum absolute atomic E-state index is 0.0551. The van der Waals surface area contributed by atoms with Gasteiger partial charge in [-0.1, -0.05) is 0 Å². The zero-order valence-electron chi connectivity index (χ0n) is 22.0. The van der Waals surface area contributed by atoms with Gasteiger partial charge in [0.15, 0.2) is 0 Å². The first-order chi connectivity index (χ1) is 18.4. The number of fused-ring (bicyclic) bond motifs is 1. The van der Waals surface area contributed by atoms with Gasteiger partial charge in [-0.25, -0.2) is 9.78 Å². The van der Waals surface area contributed by atoms with E-state index < -0.39 is 6.10 Å². The molecule has 2 aromatic heterocycles. The zero-order valence-corrected chi connectivity index (χ0v) is 22.8. The van der Waals surface area contributed by atoms with Crippen LogP contribution in [0.2, 0.25) is 0 Å². The predicted molar refractivity (Wildman–Crippen MR) is 147 cm³/mol. The highest BCUT2D eigenvalue weighted by Gasteiger charge is 2.29. The number of hydrogen-bond acceptors (Lipinski definition) is 9. The summed E-state index contributed by atoms with van der Waals surface area (Å²) in [4.78, 5) is 38.2. The summed E-state index contributed by atoms with van der Waals surface area (Å²) in [5.41, 5.74) is 2.72. The van der Waals surface area contributed by atoms with Crippen LogP contribution in [0.3, 0.4) is 0 Å².